The van der Waals surface area contributed by atoms with E-state index in [1.54, 1.807) is 0 Å². The number of rotatable bonds is 6. The third-order valence-corrected chi connectivity index (χ3v) is 2.91. The van der Waals surface area contributed by atoms with E-state index in [0.717, 1.165) is 19.4 Å². The van der Waals surface area contributed by atoms with Gasteiger partial charge in [-0.15, -0.1) is 6.58 Å². The molecular weight excluding hydrogens is 218 g/mol. The molecule has 0 atom stereocenters. The Labute approximate surface area is 109 Å². The van der Waals surface area contributed by atoms with Gasteiger partial charge in [0.05, 0.1) is 0 Å². The van der Waals surface area contributed by atoms with E-state index in [-0.39, 0.29) is 0 Å². The lowest BCUT2D eigenvalue weighted by Crippen LogP contribution is -2.02. The van der Waals surface area contributed by atoms with Crippen LogP contribution in [0.5, 0.6) is 0 Å². The average molecular weight is 237 g/mol. The molecule has 2 rings (SSSR count). The van der Waals surface area contributed by atoms with Crippen LogP contribution in [-0.4, -0.2) is 6.54 Å². The summed E-state index contributed by atoms with van der Waals surface area (Å²) in [6.45, 7) is 4.72. The van der Waals surface area contributed by atoms with E-state index in [0.29, 0.717) is 0 Å². The molecule has 0 fully saturated rings. The third-order valence-electron chi connectivity index (χ3n) is 2.91. The molecular formula is C17H19N. The molecule has 1 nitrogen and oxygen atoms in total. The van der Waals surface area contributed by atoms with Gasteiger partial charge in [0.15, 0.2) is 0 Å². The van der Waals surface area contributed by atoms with Crippen LogP contribution in [0.1, 0.15) is 12.8 Å². The van der Waals surface area contributed by atoms with Gasteiger partial charge in [0.1, 0.15) is 0 Å². The smallest absolute Gasteiger partial charge is 0.0419 e. The highest BCUT2D eigenvalue weighted by Crippen LogP contribution is 2.27. The van der Waals surface area contributed by atoms with Gasteiger partial charge in [-0.05, 0) is 24.5 Å². The first-order valence-electron chi connectivity index (χ1n) is 6.41. The SMILES string of the molecule is C=CCCCNc1ccccc1-c1ccccc1. The van der Waals surface area contributed by atoms with Crippen LogP contribution in [0, 0.1) is 0 Å². The number of hydrogen-bond acceptors (Lipinski definition) is 1. The van der Waals surface area contributed by atoms with Crippen molar-refractivity contribution in [3.05, 3.63) is 67.3 Å². The summed E-state index contributed by atoms with van der Waals surface area (Å²) in [7, 11) is 0. The van der Waals surface area contributed by atoms with Gasteiger partial charge in [-0.1, -0.05) is 54.6 Å². The van der Waals surface area contributed by atoms with Crippen LogP contribution < -0.4 is 5.32 Å². The number of benzene rings is 2. The van der Waals surface area contributed by atoms with Crippen LogP contribution in [0.25, 0.3) is 11.1 Å². The van der Waals surface area contributed by atoms with Crippen molar-refractivity contribution in [2.75, 3.05) is 11.9 Å². The second-order valence-corrected chi connectivity index (χ2v) is 4.27. The summed E-state index contributed by atoms with van der Waals surface area (Å²) >= 11 is 0. The molecule has 0 spiro atoms. The number of para-hydroxylation sites is 1. The zero-order valence-electron chi connectivity index (χ0n) is 10.6. The first-order valence-corrected chi connectivity index (χ1v) is 6.41. The maximum atomic E-state index is 3.74. The molecule has 0 saturated heterocycles. The first kappa shape index (κ1) is 12.4. The lowest BCUT2D eigenvalue weighted by molar-refractivity contribution is 0.891. The fourth-order valence-electron chi connectivity index (χ4n) is 1.98. The molecule has 1 heteroatoms. The van der Waals surface area contributed by atoms with Gasteiger partial charge in [-0.2, -0.15) is 0 Å². The molecule has 18 heavy (non-hydrogen) atoms. The fraction of sp³-hybridized carbons (Fsp3) is 0.176. The van der Waals surface area contributed by atoms with E-state index < -0.39 is 0 Å². The van der Waals surface area contributed by atoms with E-state index in [1.807, 2.05) is 12.1 Å². The summed E-state index contributed by atoms with van der Waals surface area (Å²) in [5.41, 5.74) is 3.72. The number of unbranched alkanes of at least 4 members (excludes halogenated alkanes) is 1. The Morgan fingerprint density at radius 1 is 0.944 bits per heavy atom. The van der Waals surface area contributed by atoms with Gasteiger partial charge in [0, 0.05) is 17.8 Å². The normalized spacial score (nSPS) is 10.0. The number of hydrogen-bond donors (Lipinski definition) is 1. The quantitative estimate of drug-likeness (QED) is 0.565. The zero-order chi connectivity index (χ0) is 12.6. The molecule has 0 unspecified atom stereocenters. The summed E-state index contributed by atoms with van der Waals surface area (Å²) in [6, 6.07) is 18.9. The molecule has 0 aliphatic rings. The molecule has 0 bridgehead atoms. The lowest BCUT2D eigenvalue weighted by Gasteiger charge is -2.11. The zero-order valence-corrected chi connectivity index (χ0v) is 10.6. The summed E-state index contributed by atoms with van der Waals surface area (Å²) in [5, 5.41) is 3.50. The van der Waals surface area contributed by atoms with Crippen LogP contribution >= 0.6 is 0 Å². The minimum absolute atomic E-state index is 0.982. The lowest BCUT2D eigenvalue weighted by atomic mass is 10.0. The van der Waals surface area contributed by atoms with Crippen LogP contribution in [0.3, 0.4) is 0 Å². The monoisotopic (exact) mass is 237 g/mol. The standard InChI is InChI=1S/C17H19N/c1-2-3-9-14-18-17-13-8-7-12-16(17)15-10-5-4-6-11-15/h2,4-8,10-13,18H,1,3,9,14H2. The van der Waals surface area contributed by atoms with Crippen molar-refractivity contribution >= 4 is 5.69 Å². The fourth-order valence-corrected chi connectivity index (χ4v) is 1.98. The van der Waals surface area contributed by atoms with Crippen molar-refractivity contribution in [2.45, 2.75) is 12.8 Å². The van der Waals surface area contributed by atoms with Gasteiger partial charge in [0.25, 0.3) is 0 Å². The molecule has 0 aromatic heterocycles. The summed E-state index contributed by atoms with van der Waals surface area (Å²) in [6.07, 6.45) is 4.14. The van der Waals surface area contributed by atoms with E-state index in [1.165, 1.54) is 16.8 Å². The van der Waals surface area contributed by atoms with E-state index in [9.17, 15) is 0 Å². The van der Waals surface area contributed by atoms with Crippen molar-refractivity contribution in [1.29, 1.82) is 0 Å². The summed E-state index contributed by atoms with van der Waals surface area (Å²) in [5.74, 6) is 0. The van der Waals surface area contributed by atoms with Gasteiger partial charge in [-0.25, -0.2) is 0 Å². The van der Waals surface area contributed by atoms with Gasteiger partial charge < -0.3 is 5.32 Å². The van der Waals surface area contributed by atoms with Gasteiger partial charge in [0.2, 0.25) is 0 Å². The highest BCUT2D eigenvalue weighted by atomic mass is 14.9. The molecule has 0 radical (unpaired) electrons. The average Bonchev–Trinajstić information content (AvgIpc) is 2.45. The van der Waals surface area contributed by atoms with Gasteiger partial charge >= 0.3 is 0 Å². The van der Waals surface area contributed by atoms with Crippen LogP contribution in [0.15, 0.2) is 67.3 Å². The van der Waals surface area contributed by atoms with Crippen molar-refractivity contribution in [1.82, 2.24) is 0 Å². The highest BCUT2D eigenvalue weighted by molar-refractivity contribution is 5.77. The summed E-state index contributed by atoms with van der Waals surface area (Å²) < 4.78 is 0. The minimum atomic E-state index is 0.982. The maximum Gasteiger partial charge on any atom is 0.0419 e. The van der Waals surface area contributed by atoms with Crippen molar-refractivity contribution < 1.29 is 0 Å². The Balaban J connectivity index is 2.13. The molecule has 0 aliphatic carbocycles. The Morgan fingerprint density at radius 2 is 1.67 bits per heavy atom. The van der Waals surface area contributed by atoms with E-state index >= 15 is 0 Å². The molecule has 2 aromatic rings. The topological polar surface area (TPSA) is 12.0 Å². The number of nitrogens with one attached hydrogen (secondary N) is 1. The summed E-state index contributed by atoms with van der Waals surface area (Å²) in [4.78, 5) is 0. The predicted molar refractivity (Wildman–Crippen MR) is 79.8 cm³/mol. The van der Waals surface area contributed by atoms with Crippen molar-refractivity contribution in [2.24, 2.45) is 0 Å². The molecule has 0 saturated carbocycles. The Hall–Kier alpha value is -2.02. The highest BCUT2D eigenvalue weighted by Gasteiger charge is 2.02. The second-order valence-electron chi connectivity index (χ2n) is 4.27. The van der Waals surface area contributed by atoms with Crippen molar-refractivity contribution in [3.8, 4) is 11.1 Å². The third kappa shape index (κ3) is 3.24. The first-order chi connectivity index (χ1) is 8.92. The maximum absolute atomic E-state index is 3.74. The van der Waals surface area contributed by atoms with E-state index in [2.05, 4.69) is 60.4 Å². The van der Waals surface area contributed by atoms with Crippen LogP contribution in [-0.2, 0) is 0 Å². The molecule has 0 heterocycles. The number of anilines is 1. The Bertz CT molecular complexity index is 488. The van der Waals surface area contributed by atoms with Gasteiger partial charge in [-0.3, -0.25) is 0 Å². The minimum Gasteiger partial charge on any atom is -0.385 e. The Morgan fingerprint density at radius 3 is 2.44 bits per heavy atom. The largest absolute Gasteiger partial charge is 0.385 e. The van der Waals surface area contributed by atoms with Crippen LogP contribution in [0.4, 0.5) is 5.69 Å². The predicted octanol–water partition coefficient (Wildman–Crippen LogP) is 4.73. The molecule has 1 N–H and O–H groups in total. The molecule has 0 aliphatic heterocycles. The molecule has 0 amide bonds. The second kappa shape index (κ2) is 6.65. The Kier molecular flexibility index (Phi) is 4.60. The van der Waals surface area contributed by atoms with Crippen molar-refractivity contribution in [3.63, 3.8) is 0 Å². The van der Waals surface area contributed by atoms with Crippen LogP contribution in [0.2, 0.25) is 0 Å². The molecule has 2 aromatic carbocycles. The number of allylic oxidation sites excluding steroid dienone is 1. The van der Waals surface area contributed by atoms with E-state index in [4.69, 9.17) is 0 Å². The molecule has 92 valence electrons.